The number of hydrogen-bond acceptors (Lipinski definition) is 8. The van der Waals surface area contributed by atoms with Crippen molar-refractivity contribution >= 4 is 27.6 Å². The molecular weight excluding hydrogens is 620 g/mol. The summed E-state index contributed by atoms with van der Waals surface area (Å²) in [5.41, 5.74) is 0.430. The summed E-state index contributed by atoms with van der Waals surface area (Å²) < 4.78 is 29.3. The van der Waals surface area contributed by atoms with Crippen molar-refractivity contribution < 1.29 is 32.3 Å². The lowest BCUT2D eigenvalue weighted by Gasteiger charge is -2.47. The second-order valence-corrected chi connectivity index (χ2v) is 17.5. The summed E-state index contributed by atoms with van der Waals surface area (Å²) in [6, 6.07) is 9.49. The first-order chi connectivity index (χ1) is 22.0. The van der Waals surface area contributed by atoms with Crippen LogP contribution in [0, 0.1) is 11.8 Å². The summed E-state index contributed by atoms with van der Waals surface area (Å²) in [5.74, 6) is -0.770. The number of β-amino-alcohol motifs (C(OH)–C–C–N with tert-alkyl or cyclic N) is 1. The molecule has 4 rings (SSSR count). The highest BCUT2D eigenvalue weighted by atomic mass is 32.2. The molecule has 6 atom stereocenters. The molecule has 4 N–H and O–H groups in total. The Balaban J connectivity index is 1.62. The summed E-state index contributed by atoms with van der Waals surface area (Å²) in [7, 11) is -3.86. The van der Waals surface area contributed by atoms with Crippen LogP contribution in [-0.2, 0) is 25.8 Å². The topological polar surface area (TPSA) is 158 Å². The zero-order valence-electron chi connectivity index (χ0n) is 28.5. The van der Waals surface area contributed by atoms with Crippen LogP contribution in [0.15, 0.2) is 53.1 Å². The molecule has 1 saturated heterocycles. The Bertz CT molecular complexity index is 1470. The average molecular weight is 673 g/mol. The number of amides is 3. The lowest BCUT2D eigenvalue weighted by atomic mass is 9.72. The van der Waals surface area contributed by atoms with Crippen molar-refractivity contribution in [2.75, 3.05) is 19.3 Å². The summed E-state index contributed by atoms with van der Waals surface area (Å²) >= 11 is 0. The van der Waals surface area contributed by atoms with Gasteiger partial charge in [-0.05, 0) is 83.4 Å². The van der Waals surface area contributed by atoms with E-state index in [0.717, 1.165) is 37.5 Å². The van der Waals surface area contributed by atoms with E-state index >= 15 is 0 Å². The van der Waals surface area contributed by atoms with Gasteiger partial charge in [-0.2, -0.15) is 0 Å². The molecule has 1 aliphatic heterocycles. The number of likely N-dealkylation sites (tertiary alicyclic amines) is 1. The van der Waals surface area contributed by atoms with Crippen LogP contribution in [0.4, 0.5) is 0 Å². The van der Waals surface area contributed by atoms with Gasteiger partial charge in [-0.3, -0.25) is 19.3 Å². The van der Waals surface area contributed by atoms with E-state index in [9.17, 15) is 27.9 Å². The third-order valence-electron chi connectivity index (χ3n) is 9.75. The van der Waals surface area contributed by atoms with E-state index in [-0.39, 0.29) is 24.6 Å². The molecule has 1 saturated carbocycles. The summed E-state index contributed by atoms with van der Waals surface area (Å²) in [6.07, 6.45) is 6.62. The lowest BCUT2D eigenvalue weighted by Crippen LogP contribution is -2.64. The van der Waals surface area contributed by atoms with Crippen molar-refractivity contribution in [3.63, 3.8) is 0 Å². The molecule has 1 aromatic heterocycles. The van der Waals surface area contributed by atoms with Crippen molar-refractivity contribution in [2.24, 2.45) is 11.8 Å². The van der Waals surface area contributed by atoms with Gasteiger partial charge in [0, 0.05) is 24.9 Å². The number of benzene rings is 1. The minimum atomic E-state index is -3.86. The van der Waals surface area contributed by atoms with E-state index in [1.165, 1.54) is 32.2 Å². The Labute approximate surface area is 279 Å². The van der Waals surface area contributed by atoms with E-state index in [0.29, 0.717) is 24.8 Å². The number of nitrogens with zero attached hydrogens (tertiary/aromatic N) is 1. The van der Waals surface area contributed by atoms with Crippen molar-refractivity contribution in [1.29, 1.82) is 0 Å². The largest absolute Gasteiger partial charge is 0.459 e. The van der Waals surface area contributed by atoms with Crippen LogP contribution in [0.3, 0.4) is 0 Å². The molecule has 2 fully saturated rings. The molecule has 2 aromatic rings. The number of aliphatic hydroxyl groups is 1. The van der Waals surface area contributed by atoms with Crippen molar-refractivity contribution in [3.05, 3.63) is 60.1 Å². The second kappa shape index (κ2) is 14.9. The number of rotatable bonds is 12. The van der Waals surface area contributed by atoms with Gasteiger partial charge in [0.1, 0.15) is 6.04 Å². The quantitative estimate of drug-likeness (QED) is 0.268. The van der Waals surface area contributed by atoms with Crippen LogP contribution in [0.25, 0.3) is 0 Å². The number of sulfone groups is 1. The van der Waals surface area contributed by atoms with Crippen LogP contribution in [0.5, 0.6) is 0 Å². The van der Waals surface area contributed by atoms with E-state index < -0.39 is 56.2 Å². The molecule has 1 aliphatic carbocycles. The molecule has 2 aliphatic rings. The molecule has 2 heterocycles. The fraction of sp³-hybridized carbons (Fsp3) is 0.629. The van der Waals surface area contributed by atoms with Gasteiger partial charge in [0.2, 0.25) is 11.8 Å². The Morgan fingerprint density at radius 2 is 1.64 bits per heavy atom. The van der Waals surface area contributed by atoms with E-state index in [4.69, 9.17) is 4.42 Å². The van der Waals surface area contributed by atoms with E-state index in [1.807, 2.05) is 51.1 Å². The minimum Gasteiger partial charge on any atom is -0.459 e. The van der Waals surface area contributed by atoms with Crippen molar-refractivity contribution in [1.82, 2.24) is 20.9 Å². The Kier molecular flexibility index (Phi) is 11.6. The maximum atomic E-state index is 14.0. The highest BCUT2D eigenvalue weighted by molar-refractivity contribution is 7.92. The predicted molar refractivity (Wildman–Crippen MR) is 180 cm³/mol. The van der Waals surface area contributed by atoms with Gasteiger partial charge >= 0.3 is 0 Å². The SMILES string of the molecule is CC(C)(C)NC(=O)C1CC2CCCCC2CN1CC(O)C(Cc1ccccc1)NC(=O)C(NC(=O)c1ccco1)C(C)(C)S(C)(=O)=O. The van der Waals surface area contributed by atoms with E-state index in [1.54, 1.807) is 0 Å². The first-order valence-electron chi connectivity index (χ1n) is 16.6. The molecular formula is C35H52N4O7S. The van der Waals surface area contributed by atoms with Crippen molar-refractivity contribution in [2.45, 2.75) is 108 Å². The van der Waals surface area contributed by atoms with Gasteiger partial charge in [0.25, 0.3) is 5.91 Å². The van der Waals surface area contributed by atoms with Gasteiger partial charge in [-0.1, -0.05) is 49.6 Å². The standard InChI is InChI=1S/C35H52N4O7S/c1-34(2,3)38-31(41)27-20-24-15-10-11-16-25(24)21-39(27)22-28(40)26(19-23-13-8-7-9-14-23)36-33(43)30(35(4,5)47(6,44)45)37-32(42)29-17-12-18-46-29/h7-9,12-14,17-18,24-28,30,40H,10-11,15-16,19-22H2,1-6H3,(H,36,43)(H,37,42)(H,38,41). The number of carbonyl (C=O) groups is 3. The van der Waals surface area contributed by atoms with Gasteiger partial charge in [-0.25, -0.2) is 8.42 Å². The number of carbonyl (C=O) groups excluding carboxylic acids is 3. The highest BCUT2D eigenvalue weighted by Crippen LogP contribution is 2.39. The second-order valence-electron chi connectivity index (χ2n) is 14.9. The van der Waals surface area contributed by atoms with Crippen LogP contribution in [0.2, 0.25) is 0 Å². The number of hydrogen-bond donors (Lipinski definition) is 4. The number of piperidine rings is 1. The zero-order valence-corrected chi connectivity index (χ0v) is 29.3. The molecule has 260 valence electrons. The molecule has 0 spiro atoms. The van der Waals surface area contributed by atoms with Crippen LogP contribution in [-0.4, -0.2) is 90.0 Å². The molecule has 0 radical (unpaired) electrons. The molecule has 11 nitrogen and oxygen atoms in total. The molecule has 3 amide bonds. The van der Waals surface area contributed by atoms with E-state index in [2.05, 4.69) is 20.9 Å². The monoisotopic (exact) mass is 672 g/mol. The average Bonchev–Trinajstić information content (AvgIpc) is 3.53. The Morgan fingerprint density at radius 1 is 0.979 bits per heavy atom. The number of fused-ring (bicyclic) bond motifs is 1. The smallest absolute Gasteiger partial charge is 0.287 e. The summed E-state index contributed by atoms with van der Waals surface area (Å²) in [4.78, 5) is 42.7. The Hall–Kier alpha value is -3.22. The maximum absolute atomic E-state index is 14.0. The third kappa shape index (κ3) is 9.45. The predicted octanol–water partition coefficient (Wildman–Crippen LogP) is 3.09. The fourth-order valence-electron chi connectivity index (χ4n) is 6.79. The first kappa shape index (κ1) is 36.6. The molecule has 0 bridgehead atoms. The van der Waals surface area contributed by atoms with Crippen molar-refractivity contribution in [3.8, 4) is 0 Å². The lowest BCUT2D eigenvalue weighted by molar-refractivity contribution is -0.133. The van der Waals surface area contributed by atoms with Gasteiger partial charge in [0.15, 0.2) is 15.6 Å². The zero-order chi connectivity index (χ0) is 34.6. The fourth-order valence-corrected chi connectivity index (χ4v) is 7.39. The number of nitrogens with one attached hydrogen (secondary N) is 3. The number of aliphatic hydroxyl groups excluding tert-OH is 1. The molecule has 6 unspecified atom stereocenters. The minimum absolute atomic E-state index is 0.0707. The van der Waals surface area contributed by atoms with Crippen LogP contribution < -0.4 is 16.0 Å². The molecule has 12 heteroatoms. The summed E-state index contributed by atoms with van der Waals surface area (Å²) in [6.45, 7) is 9.39. The number of furan rings is 1. The van der Waals surface area contributed by atoms with Gasteiger partial charge in [0.05, 0.1) is 29.2 Å². The van der Waals surface area contributed by atoms with Gasteiger partial charge in [-0.15, -0.1) is 0 Å². The third-order valence-corrected chi connectivity index (χ3v) is 11.9. The molecule has 1 aromatic carbocycles. The van der Waals surface area contributed by atoms with Crippen LogP contribution in [0.1, 0.15) is 82.8 Å². The first-order valence-corrected chi connectivity index (χ1v) is 18.5. The molecule has 47 heavy (non-hydrogen) atoms. The van der Waals surface area contributed by atoms with Gasteiger partial charge < -0.3 is 25.5 Å². The van der Waals surface area contributed by atoms with Crippen LogP contribution >= 0.6 is 0 Å². The maximum Gasteiger partial charge on any atom is 0.287 e. The Morgan fingerprint density at radius 3 is 2.23 bits per heavy atom. The highest BCUT2D eigenvalue weighted by Gasteiger charge is 2.46. The summed E-state index contributed by atoms with van der Waals surface area (Å²) in [5, 5.41) is 20.5. The normalized spacial score (nSPS) is 22.7.